The molecule has 0 aliphatic carbocycles. The summed E-state index contributed by atoms with van der Waals surface area (Å²) in [7, 11) is 0. The highest BCUT2D eigenvalue weighted by Crippen LogP contribution is 2.15. The van der Waals surface area contributed by atoms with Crippen molar-refractivity contribution in [1.82, 2.24) is 20.0 Å². The number of hydrogen-bond donors (Lipinski definition) is 1. The fourth-order valence-electron chi connectivity index (χ4n) is 3.11. The van der Waals surface area contributed by atoms with Crippen LogP contribution in [0.3, 0.4) is 0 Å². The number of hydrogen-bond acceptors (Lipinski definition) is 2. The van der Waals surface area contributed by atoms with E-state index in [4.69, 9.17) is 4.99 Å². The predicted molar refractivity (Wildman–Crippen MR) is 92.3 cm³/mol. The molecular weight excluding hydrogens is 274 g/mol. The summed E-state index contributed by atoms with van der Waals surface area (Å²) in [4.78, 5) is 7.23. The third-order valence-electron chi connectivity index (χ3n) is 4.18. The zero-order valence-electron chi connectivity index (χ0n) is 14.6. The van der Waals surface area contributed by atoms with Crippen molar-refractivity contribution in [3.63, 3.8) is 0 Å². The Labute approximate surface area is 134 Å². The first-order chi connectivity index (χ1) is 10.6. The van der Waals surface area contributed by atoms with Gasteiger partial charge in [-0.25, -0.2) is 0 Å². The maximum absolute atomic E-state index is 4.81. The summed E-state index contributed by atoms with van der Waals surface area (Å²) in [6, 6.07) is 2.13. The van der Waals surface area contributed by atoms with Gasteiger partial charge in [-0.05, 0) is 52.0 Å². The largest absolute Gasteiger partial charge is 0.357 e. The number of likely N-dealkylation sites (tertiary alicyclic amines) is 1. The number of aliphatic imine (C=N–C) groups is 1. The minimum Gasteiger partial charge on any atom is -0.357 e. The first kappa shape index (κ1) is 16.8. The van der Waals surface area contributed by atoms with Gasteiger partial charge in [-0.3, -0.25) is 9.67 Å². The Hall–Kier alpha value is -1.52. The van der Waals surface area contributed by atoms with Crippen molar-refractivity contribution < 1.29 is 0 Å². The van der Waals surface area contributed by atoms with Crippen LogP contribution >= 0.6 is 0 Å². The Kier molecular flexibility index (Phi) is 6.28. The molecular formula is C17H31N5. The van der Waals surface area contributed by atoms with Crippen molar-refractivity contribution in [3.05, 3.63) is 17.5 Å². The third-order valence-corrected chi connectivity index (χ3v) is 4.18. The van der Waals surface area contributed by atoms with Gasteiger partial charge >= 0.3 is 0 Å². The number of nitrogens with zero attached hydrogens (tertiary/aromatic N) is 4. The van der Waals surface area contributed by atoms with Gasteiger partial charge in [-0.1, -0.05) is 6.92 Å². The summed E-state index contributed by atoms with van der Waals surface area (Å²) in [5.41, 5.74) is 2.33. The zero-order valence-corrected chi connectivity index (χ0v) is 14.6. The van der Waals surface area contributed by atoms with Crippen molar-refractivity contribution in [1.29, 1.82) is 0 Å². The standard InChI is InChI=1S/C17H31N5/c1-5-18-17(21-10-6-8-14(2)13-21)19-9-7-11-22-16(4)12-15(3)20-22/h12,14H,5-11,13H2,1-4H3,(H,18,19). The third kappa shape index (κ3) is 4.75. The van der Waals surface area contributed by atoms with Crippen LogP contribution in [0.2, 0.25) is 0 Å². The molecule has 0 bridgehead atoms. The topological polar surface area (TPSA) is 45.5 Å². The Balaban J connectivity index is 1.86. The van der Waals surface area contributed by atoms with Crippen LogP contribution in [0.15, 0.2) is 11.1 Å². The number of rotatable bonds is 5. The van der Waals surface area contributed by atoms with Crippen LogP contribution in [0.1, 0.15) is 44.5 Å². The lowest BCUT2D eigenvalue weighted by Gasteiger charge is -2.33. The second-order valence-corrected chi connectivity index (χ2v) is 6.43. The van der Waals surface area contributed by atoms with Crippen molar-refractivity contribution in [3.8, 4) is 0 Å². The highest BCUT2D eigenvalue weighted by atomic mass is 15.3. The molecule has 1 aliphatic heterocycles. The second-order valence-electron chi connectivity index (χ2n) is 6.43. The van der Waals surface area contributed by atoms with E-state index in [1.807, 2.05) is 6.92 Å². The van der Waals surface area contributed by atoms with Gasteiger partial charge < -0.3 is 10.2 Å². The fraction of sp³-hybridized carbons (Fsp3) is 0.765. The minimum absolute atomic E-state index is 0.771. The fourth-order valence-corrected chi connectivity index (χ4v) is 3.11. The maximum Gasteiger partial charge on any atom is 0.193 e. The van der Waals surface area contributed by atoms with Crippen molar-refractivity contribution in [2.24, 2.45) is 10.9 Å². The van der Waals surface area contributed by atoms with Gasteiger partial charge in [0.05, 0.1) is 5.69 Å². The Morgan fingerprint density at radius 2 is 2.27 bits per heavy atom. The Bertz CT molecular complexity index is 491. The van der Waals surface area contributed by atoms with Gasteiger partial charge in [-0.15, -0.1) is 0 Å². The molecule has 22 heavy (non-hydrogen) atoms. The van der Waals surface area contributed by atoms with Crippen LogP contribution in [0.25, 0.3) is 0 Å². The molecule has 0 radical (unpaired) electrons. The molecule has 124 valence electrons. The minimum atomic E-state index is 0.771. The zero-order chi connectivity index (χ0) is 15.9. The molecule has 0 spiro atoms. The highest BCUT2D eigenvalue weighted by molar-refractivity contribution is 5.80. The molecule has 1 atom stereocenters. The lowest BCUT2D eigenvalue weighted by atomic mass is 10.0. The normalized spacial score (nSPS) is 19.5. The average Bonchev–Trinajstić information content (AvgIpc) is 2.80. The van der Waals surface area contributed by atoms with Gasteiger partial charge in [0.2, 0.25) is 0 Å². The molecule has 2 heterocycles. The summed E-state index contributed by atoms with van der Waals surface area (Å²) >= 11 is 0. The van der Waals surface area contributed by atoms with Crippen molar-refractivity contribution >= 4 is 5.96 Å². The van der Waals surface area contributed by atoms with Crippen LogP contribution in [-0.4, -0.2) is 46.8 Å². The summed E-state index contributed by atoms with van der Waals surface area (Å²) in [5, 5.41) is 7.95. The van der Waals surface area contributed by atoms with E-state index < -0.39 is 0 Å². The predicted octanol–water partition coefficient (Wildman–Crippen LogP) is 2.59. The molecule has 0 aromatic carbocycles. The van der Waals surface area contributed by atoms with Crippen LogP contribution in [0.5, 0.6) is 0 Å². The van der Waals surface area contributed by atoms with Gasteiger partial charge in [0.25, 0.3) is 0 Å². The van der Waals surface area contributed by atoms with Crippen LogP contribution in [0, 0.1) is 19.8 Å². The van der Waals surface area contributed by atoms with E-state index in [2.05, 4.69) is 46.8 Å². The summed E-state index contributed by atoms with van der Waals surface area (Å²) in [6.07, 6.45) is 3.64. The number of guanidine groups is 1. The first-order valence-electron chi connectivity index (χ1n) is 8.64. The molecule has 0 amide bonds. The van der Waals surface area contributed by atoms with Crippen LogP contribution < -0.4 is 5.32 Å². The molecule has 1 N–H and O–H groups in total. The summed E-state index contributed by atoms with van der Waals surface area (Å²) in [6.45, 7) is 13.6. The van der Waals surface area contributed by atoms with Crippen LogP contribution in [-0.2, 0) is 6.54 Å². The Morgan fingerprint density at radius 3 is 2.91 bits per heavy atom. The lowest BCUT2D eigenvalue weighted by Crippen LogP contribution is -2.46. The van der Waals surface area contributed by atoms with E-state index in [-0.39, 0.29) is 0 Å². The smallest absolute Gasteiger partial charge is 0.193 e. The quantitative estimate of drug-likeness (QED) is 0.517. The SMILES string of the molecule is CCNC(=NCCCn1nc(C)cc1C)N1CCCC(C)C1. The van der Waals surface area contributed by atoms with Crippen molar-refractivity contribution in [2.75, 3.05) is 26.2 Å². The molecule has 0 saturated carbocycles. The molecule has 1 fully saturated rings. The number of aromatic nitrogens is 2. The molecule has 1 aliphatic rings. The molecule has 5 heteroatoms. The van der Waals surface area contributed by atoms with Gasteiger partial charge in [0, 0.05) is 38.4 Å². The van der Waals surface area contributed by atoms with E-state index in [0.717, 1.165) is 56.7 Å². The van der Waals surface area contributed by atoms with E-state index in [0.29, 0.717) is 0 Å². The molecule has 1 aromatic rings. The first-order valence-corrected chi connectivity index (χ1v) is 8.64. The second kappa shape index (κ2) is 8.20. The van der Waals surface area contributed by atoms with E-state index >= 15 is 0 Å². The summed E-state index contributed by atoms with van der Waals surface area (Å²) in [5.74, 6) is 1.86. The number of aryl methyl sites for hydroxylation is 3. The monoisotopic (exact) mass is 305 g/mol. The van der Waals surface area contributed by atoms with Gasteiger partial charge in [0.15, 0.2) is 5.96 Å². The molecule has 1 unspecified atom stereocenters. The van der Waals surface area contributed by atoms with Crippen molar-refractivity contribution in [2.45, 2.75) is 53.5 Å². The number of nitrogens with one attached hydrogen (secondary N) is 1. The van der Waals surface area contributed by atoms with Gasteiger partial charge in [-0.2, -0.15) is 5.10 Å². The molecule has 1 aromatic heterocycles. The average molecular weight is 305 g/mol. The lowest BCUT2D eigenvalue weighted by molar-refractivity contribution is 0.266. The summed E-state index contributed by atoms with van der Waals surface area (Å²) < 4.78 is 2.08. The molecule has 2 rings (SSSR count). The van der Waals surface area contributed by atoms with Gasteiger partial charge in [0.1, 0.15) is 0 Å². The van der Waals surface area contributed by atoms with E-state index in [1.54, 1.807) is 0 Å². The van der Waals surface area contributed by atoms with E-state index in [9.17, 15) is 0 Å². The number of piperidine rings is 1. The van der Waals surface area contributed by atoms with E-state index in [1.165, 1.54) is 18.5 Å². The molecule has 5 nitrogen and oxygen atoms in total. The highest BCUT2D eigenvalue weighted by Gasteiger charge is 2.18. The van der Waals surface area contributed by atoms with Crippen LogP contribution in [0.4, 0.5) is 0 Å². The molecule has 1 saturated heterocycles. The maximum atomic E-state index is 4.81. The Morgan fingerprint density at radius 1 is 1.45 bits per heavy atom.